The highest BCUT2D eigenvalue weighted by atomic mass is 79.9. The molecular weight excluding hydrogens is 332 g/mol. The summed E-state index contributed by atoms with van der Waals surface area (Å²) in [7, 11) is 0. The summed E-state index contributed by atoms with van der Waals surface area (Å²) in [6.45, 7) is 6.26. The minimum Gasteiger partial charge on any atom is -0.324 e. The van der Waals surface area contributed by atoms with Crippen molar-refractivity contribution in [2.24, 2.45) is 5.92 Å². The third kappa shape index (κ3) is 3.28. The number of nitrogens with one attached hydrogen (secondary N) is 1. The van der Waals surface area contributed by atoms with E-state index in [4.69, 9.17) is 0 Å². The normalized spacial score (nSPS) is 13.5. The van der Waals surface area contributed by atoms with Gasteiger partial charge in [0.2, 0.25) is 11.8 Å². The highest BCUT2D eigenvalue weighted by Gasteiger charge is 2.27. The van der Waals surface area contributed by atoms with Crippen LogP contribution >= 0.6 is 15.9 Å². The predicted molar refractivity (Wildman–Crippen MR) is 88.6 cm³/mol. The van der Waals surface area contributed by atoms with Crippen LogP contribution in [0, 0.1) is 5.92 Å². The second-order valence-electron chi connectivity index (χ2n) is 5.38. The van der Waals surface area contributed by atoms with Gasteiger partial charge in [0.1, 0.15) is 0 Å². The number of carbonyl (C=O) groups excluding carboxylic acids is 2. The van der Waals surface area contributed by atoms with Gasteiger partial charge in [0.25, 0.3) is 0 Å². The van der Waals surface area contributed by atoms with Gasteiger partial charge in [-0.3, -0.25) is 9.59 Å². The fourth-order valence-electron chi connectivity index (χ4n) is 2.81. The molecule has 2 amide bonds. The van der Waals surface area contributed by atoms with Crippen LogP contribution in [0.25, 0.3) is 0 Å². The van der Waals surface area contributed by atoms with E-state index >= 15 is 0 Å². The summed E-state index contributed by atoms with van der Waals surface area (Å²) in [4.78, 5) is 25.9. The van der Waals surface area contributed by atoms with E-state index < -0.39 is 0 Å². The molecule has 0 unspecified atom stereocenters. The summed E-state index contributed by atoms with van der Waals surface area (Å²) in [6, 6.07) is 3.89. The van der Waals surface area contributed by atoms with Crippen molar-refractivity contribution in [1.82, 2.24) is 0 Å². The molecule has 21 heavy (non-hydrogen) atoms. The highest BCUT2D eigenvalue weighted by molar-refractivity contribution is 9.10. The minimum absolute atomic E-state index is 0.00631. The third-order valence-corrected chi connectivity index (χ3v) is 4.48. The van der Waals surface area contributed by atoms with Gasteiger partial charge >= 0.3 is 0 Å². The van der Waals surface area contributed by atoms with Crippen molar-refractivity contribution >= 4 is 39.1 Å². The molecule has 1 aromatic rings. The molecule has 2 rings (SSSR count). The standard InChI is InChI=1S/C16H21BrN2O2/c1-4-11(5-2)16(21)18-14-9-13(17)8-12-6-7-19(10(3)20)15(12)14/h8-9,11H,4-7H2,1-3H3,(H,18,21). The number of hydrogen-bond donors (Lipinski definition) is 1. The van der Waals surface area contributed by atoms with Gasteiger partial charge in [-0.05, 0) is 37.0 Å². The molecule has 4 nitrogen and oxygen atoms in total. The zero-order valence-electron chi connectivity index (χ0n) is 12.7. The zero-order chi connectivity index (χ0) is 15.6. The maximum Gasteiger partial charge on any atom is 0.227 e. The monoisotopic (exact) mass is 352 g/mol. The smallest absolute Gasteiger partial charge is 0.227 e. The number of benzene rings is 1. The summed E-state index contributed by atoms with van der Waals surface area (Å²) in [5.74, 6) is 0.0385. The van der Waals surface area contributed by atoms with Crippen molar-refractivity contribution in [3.8, 4) is 0 Å². The molecule has 1 aliphatic rings. The molecule has 0 aromatic heterocycles. The second-order valence-corrected chi connectivity index (χ2v) is 6.30. The lowest BCUT2D eigenvalue weighted by Crippen LogP contribution is -2.28. The highest BCUT2D eigenvalue weighted by Crippen LogP contribution is 2.38. The Balaban J connectivity index is 2.36. The Hall–Kier alpha value is -1.36. The molecular formula is C16H21BrN2O2. The topological polar surface area (TPSA) is 49.4 Å². The molecule has 0 spiro atoms. The van der Waals surface area contributed by atoms with Gasteiger partial charge in [0.05, 0.1) is 11.4 Å². The van der Waals surface area contributed by atoms with Crippen LogP contribution in [0.3, 0.4) is 0 Å². The Bertz CT molecular complexity index is 568. The van der Waals surface area contributed by atoms with Crippen molar-refractivity contribution in [2.45, 2.75) is 40.0 Å². The lowest BCUT2D eigenvalue weighted by molar-refractivity contribution is -0.120. The van der Waals surface area contributed by atoms with Crippen LogP contribution < -0.4 is 10.2 Å². The number of halogens is 1. The van der Waals surface area contributed by atoms with Crippen LogP contribution in [0.4, 0.5) is 11.4 Å². The van der Waals surface area contributed by atoms with E-state index in [9.17, 15) is 9.59 Å². The van der Waals surface area contributed by atoms with Gasteiger partial charge in [0.15, 0.2) is 0 Å². The Kier molecular flexibility index (Phi) is 5.04. The third-order valence-electron chi connectivity index (χ3n) is 4.02. The molecule has 0 fully saturated rings. The van der Waals surface area contributed by atoms with Crippen LogP contribution in [0.2, 0.25) is 0 Å². The van der Waals surface area contributed by atoms with Crippen LogP contribution in [0.15, 0.2) is 16.6 Å². The lowest BCUT2D eigenvalue weighted by atomic mass is 10.0. The molecule has 1 N–H and O–H groups in total. The largest absolute Gasteiger partial charge is 0.324 e. The molecule has 0 aliphatic carbocycles. The van der Waals surface area contributed by atoms with Crippen molar-refractivity contribution in [2.75, 3.05) is 16.8 Å². The molecule has 0 atom stereocenters. The number of amides is 2. The Morgan fingerprint density at radius 1 is 1.33 bits per heavy atom. The first kappa shape index (κ1) is 16.0. The van der Waals surface area contributed by atoms with Crippen molar-refractivity contribution in [3.63, 3.8) is 0 Å². The zero-order valence-corrected chi connectivity index (χ0v) is 14.3. The molecule has 1 aliphatic heterocycles. The number of nitrogens with zero attached hydrogens (tertiary/aromatic N) is 1. The molecule has 0 bridgehead atoms. The average molecular weight is 353 g/mol. The second kappa shape index (κ2) is 6.60. The fraction of sp³-hybridized carbons (Fsp3) is 0.500. The van der Waals surface area contributed by atoms with Gasteiger partial charge in [0, 0.05) is 23.9 Å². The first-order valence-electron chi connectivity index (χ1n) is 7.39. The van der Waals surface area contributed by atoms with Crippen molar-refractivity contribution in [3.05, 3.63) is 22.2 Å². The quantitative estimate of drug-likeness (QED) is 0.897. The number of anilines is 2. The molecule has 0 radical (unpaired) electrons. The van der Waals surface area contributed by atoms with E-state index in [1.165, 1.54) is 0 Å². The Morgan fingerprint density at radius 2 is 2.00 bits per heavy atom. The van der Waals surface area contributed by atoms with E-state index in [2.05, 4.69) is 21.2 Å². The summed E-state index contributed by atoms with van der Waals surface area (Å²) in [5.41, 5.74) is 2.67. The number of hydrogen-bond acceptors (Lipinski definition) is 2. The number of fused-ring (bicyclic) bond motifs is 1. The van der Waals surface area contributed by atoms with E-state index in [1.54, 1.807) is 11.8 Å². The molecule has 5 heteroatoms. The molecule has 114 valence electrons. The first-order valence-corrected chi connectivity index (χ1v) is 8.18. The maximum absolute atomic E-state index is 12.3. The summed E-state index contributed by atoms with van der Waals surface area (Å²) >= 11 is 3.48. The van der Waals surface area contributed by atoms with Gasteiger partial charge in [-0.1, -0.05) is 29.8 Å². The molecule has 1 heterocycles. The fourth-order valence-corrected chi connectivity index (χ4v) is 3.32. The van der Waals surface area contributed by atoms with Crippen molar-refractivity contribution in [1.29, 1.82) is 0 Å². The Labute approximate surface area is 134 Å². The summed E-state index contributed by atoms with van der Waals surface area (Å²) in [5, 5.41) is 3.01. The molecule has 0 saturated heterocycles. The summed E-state index contributed by atoms with van der Waals surface area (Å²) in [6.07, 6.45) is 2.45. The van der Waals surface area contributed by atoms with Crippen LogP contribution in [0.1, 0.15) is 39.2 Å². The molecule has 1 aromatic carbocycles. The average Bonchev–Trinajstić information content (AvgIpc) is 2.83. The SMILES string of the molecule is CCC(CC)C(=O)Nc1cc(Br)cc2c1N(C(C)=O)CC2. The summed E-state index contributed by atoms with van der Waals surface area (Å²) < 4.78 is 0.923. The van der Waals surface area contributed by atoms with Gasteiger partial charge in [-0.25, -0.2) is 0 Å². The van der Waals surface area contributed by atoms with Crippen molar-refractivity contribution < 1.29 is 9.59 Å². The van der Waals surface area contributed by atoms with Gasteiger partial charge < -0.3 is 10.2 Å². The van der Waals surface area contributed by atoms with E-state index in [-0.39, 0.29) is 17.7 Å². The van der Waals surface area contributed by atoms with Crippen LogP contribution in [0.5, 0.6) is 0 Å². The minimum atomic E-state index is 0.00631. The maximum atomic E-state index is 12.3. The lowest BCUT2D eigenvalue weighted by Gasteiger charge is -2.21. The Morgan fingerprint density at radius 3 is 2.57 bits per heavy atom. The molecule has 0 saturated carbocycles. The number of carbonyl (C=O) groups is 2. The predicted octanol–water partition coefficient (Wildman–Crippen LogP) is 3.73. The van der Waals surface area contributed by atoms with E-state index in [0.717, 1.165) is 40.7 Å². The van der Waals surface area contributed by atoms with E-state index in [0.29, 0.717) is 6.54 Å². The van der Waals surface area contributed by atoms with Gasteiger partial charge in [-0.2, -0.15) is 0 Å². The van der Waals surface area contributed by atoms with Crippen LogP contribution in [-0.2, 0) is 16.0 Å². The number of rotatable bonds is 4. The van der Waals surface area contributed by atoms with Gasteiger partial charge in [-0.15, -0.1) is 0 Å². The van der Waals surface area contributed by atoms with E-state index in [1.807, 2.05) is 26.0 Å². The van der Waals surface area contributed by atoms with Crippen LogP contribution in [-0.4, -0.2) is 18.4 Å². The first-order chi connectivity index (χ1) is 9.97.